The molecule has 0 aliphatic carbocycles. The number of unbranched alkanes of at least 4 members (excludes halogenated alkanes) is 36. The van der Waals surface area contributed by atoms with Crippen molar-refractivity contribution in [3.05, 3.63) is 0 Å². The van der Waals surface area contributed by atoms with Crippen molar-refractivity contribution >= 4 is 23.6 Å². The van der Waals surface area contributed by atoms with Gasteiger partial charge in [-0.1, -0.05) is 259 Å². The Bertz CT molecular complexity index is 1350. The number of hydrogen-bond donors (Lipinski definition) is 4. The van der Waals surface area contributed by atoms with Gasteiger partial charge >= 0.3 is 0 Å². The first-order valence-corrected chi connectivity index (χ1v) is 36.4. The van der Waals surface area contributed by atoms with E-state index in [1.165, 1.54) is 180 Å². The Hall–Kier alpha value is -2.40. The highest BCUT2D eigenvalue weighted by Crippen LogP contribution is 2.16. The Kier molecular flexibility index (Phi) is 57.3. The summed E-state index contributed by atoms with van der Waals surface area (Å²) in [6, 6.07) is 0. The number of carbonyl (C=O) groups excluding carboxylic acids is 4. The van der Waals surface area contributed by atoms with Gasteiger partial charge in [0.2, 0.25) is 0 Å². The van der Waals surface area contributed by atoms with Crippen LogP contribution in [0.1, 0.15) is 297 Å². The zero-order valence-corrected chi connectivity index (χ0v) is 58.0. The minimum atomic E-state index is -1.30. The van der Waals surface area contributed by atoms with Crippen LogP contribution >= 0.6 is 0 Å². The van der Waals surface area contributed by atoms with E-state index in [4.69, 9.17) is 0 Å². The molecule has 0 aliphatic rings. The number of aliphatic hydroxyl groups is 4. The van der Waals surface area contributed by atoms with E-state index in [1.807, 2.05) is 16.8 Å². The molecule has 0 spiro atoms. The number of aliphatic hydroxyl groups excluding tert-OH is 4. The van der Waals surface area contributed by atoms with E-state index >= 15 is 0 Å². The Morgan fingerprint density at radius 1 is 0.233 bits per heavy atom. The van der Waals surface area contributed by atoms with E-state index in [0.29, 0.717) is 65.2 Å². The summed E-state index contributed by atoms with van der Waals surface area (Å²) in [5.41, 5.74) is 0. The highest BCUT2D eigenvalue weighted by atomic mass is 16.3. The van der Waals surface area contributed by atoms with Crippen molar-refractivity contribution in [1.29, 1.82) is 0 Å². The second-order valence-electron chi connectivity index (χ2n) is 26.4. The van der Waals surface area contributed by atoms with Crippen molar-refractivity contribution in [2.75, 3.05) is 114 Å². The number of amides is 4. The summed E-state index contributed by atoms with van der Waals surface area (Å²) < 4.78 is 0. The molecule has 0 aromatic rings. The number of rotatable bonds is 64. The number of hydrogen-bond acceptors (Lipinski definition) is 11. The maximum Gasteiger partial charge on any atom is 0.252 e. The third kappa shape index (κ3) is 47.5. The van der Waals surface area contributed by atoms with Gasteiger partial charge in [-0.25, -0.2) is 0 Å². The normalized spacial score (nSPS) is 13.2. The Morgan fingerprint density at radius 2 is 0.395 bits per heavy atom. The summed E-state index contributed by atoms with van der Waals surface area (Å²) >= 11 is 0. The topological polar surface area (TPSA) is 172 Å². The van der Waals surface area contributed by atoms with E-state index in [-0.39, 0.29) is 49.8 Å². The van der Waals surface area contributed by atoms with Gasteiger partial charge < -0.3 is 44.9 Å². The van der Waals surface area contributed by atoms with Crippen LogP contribution in [-0.2, 0) is 19.2 Å². The molecular formula is C71H143N7O8. The molecule has 4 N–H and O–H groups in total. The molecule has 0 aromatic heterocycles. The molecule has 0 saturated heterocycles. The van der Waals surface area contributed by atoms with Crippen LogP contribution in [0.4, 0.5) is 0 Å². The lowest BCUT2D eigenvalue weighted by molar-refractivity contribution is -0.143. The van der Waals surface area contributed by atoms with Crippen LogP contribution in [0.5, 0.6) is 0 Å². The van der Waals surface area contributed by atoms with Crippen molar-refractivity contribution in [1.82, 2.24) is 34.3 Å². The van der Waals surface area contributed by atoms with Gasteiger partial charge in [0.15, 0.2) is 0 Å². The summed E-state index contributed by atoms with van der Waals surface area (Å²) in [7, 11) is 8.99. The SMILES string of the molecule is CCCCCCCCCCCCN(C)C(=O)C(O)CN(CCCN(C)CCCN(CC(O)C(=O)N(C)CCCCCCCCCCCC)CC(O)C(=O)N(C)CCCCCCCCCCCC)CC(O)C(=O)N(C)CCCCCCCCCCCC. The molecule has 0 aromatic carbocycles. The fourth-order valence-corrected chi connectivity index (χ4v) is 11.8. The maximum atomic E-state index is 13.5. The predicted molar refractivity (Wildman–Crippen MR) is 362 cm³/mol. The third-order valence-electron chi connectivity index (χ3n) is 17.8. The molecule has 86 heavy (non-hydrogen) atoms. The van der Waals surface area contributed by atoms with Crippen LogP contribution < -0.4 is 0 Å². The smallest absolute Gasteiger partial charge is 0.252 e. The Morgan fingerprint density at radius 3 is 0.570 bits per heavy atom. The second-order valence-corrected chi connectivity index (χ2v) is 26.4. The largest absolute Gasteiger partial charge is 0.382 e. The van der Waals surface area contributed by atoms with Crippen LogP contribution in [-0.4, -0.2) is 217 Å². The molecule has 15 nitrogen and oxygen atoms in total. The molecule has 4 unspecified atom stereocenters. The molecule has 4 amide bonds. The number of carbonyl (C=O) groups is 4. The average Bonchev–Trinajstić information content (AvgIpc) is 3.59. The average molecular weight is 1220 g/mol. The Labute approximate surface area is 530 Å². The second kappa shape index (κ2) is 58.9. The van der Waals surface area contributed by atoms with E-state index in [0.717, 1.165) is 77.0 Å². The molecule has 0 rings (SSSR count). The van der Waals surface area contributed by atoms with Crippen LogP contribution in [0, 0.1) is 0 Å². The maximum absolute atomic E-state index is 13.5. The first-order valence-electron chi connectivity index (χ1n) is 36.4. The van der Waals surface area contributed by atoms with Gasteiger partial charge in [0, 0.05) is 80.5 Å². The van der Waals surface area contributed by atoms with E-state index in [1.54, 1.807) is 47.8 Å². The number of nitrogens with zero attached hydrogens (tertiary/aromatic N) is 7. The van der Waals surface area contributed by atoms with Gasteiger partial charge in [-0.05, 0) is 71.8 Å². The van der Waals surface area contributed by atoms with Gasteiger partial charge in [-0.15, -0.1) is 0 Å². The van der Waals surface area contributed by atoms with Crippen molar-refractivity contribution in [2.24, 2.45) is 0 Å². The minimum Gasteiger partial charge on any atom is -0.382 e. The van der Waals surface area contributed by atoms with Crippen LogP contribution in [0.15, 0.2) is 0 Å². The monoisotopic (exact) mass is 1220 g/mol. The molecule has 4 atom stereocenters. The lowest BCUT2D eigenvalue weighted by Crippen LogP contribution is -2.49. The van der Waals surface area contributed by atoms with Gasteiger partial charge in [0.05, 0.1) is 0 Å². The van der Waals surface area contributed by atoms with Crippen LogP contribution in [0.3, 0.4) is 0 Å². The molecule has 0 aliphatic heterocycles. The highest BCUT2D eigenvalue weighted by molar-refractivity contribution is 5.82. The molecule has 0 fully saturated rings. The summed E-state index contributed by atoms with van der Waals surface area (Å²) in [6.45, 7) is 13.4. The molecule has 0 saturated carbocycles. The van der Waals surface area contributed by atoms with Gasteiger partial charge in [0.1, 0.15) is 24.4 Å². The molecule has 510 valence electrons. The summed E-state index contributed by atoms with van der Waals surface area (Å²) in [5, 5.41) is 45.4. The first-order chi connectivity index (χ1) is 41.5. The van der Waals surface area contributed by atoms with Crippen LogP contribution in [0.2, 0.25) is 0 Å². The minimum absolute atomic E-state index is 0.00262. The van der Waals surface area contributed by atoms with Crippen molar-refractivity contribution in [3.63, 3.8) is 0 Å². The van der Waals surface area contributed by atoms with Gasteiger partial charge in [0.25, 0.3) is 23.6 Å². The zero-order chi connectivity index (χ0) is 63.8. The zero-order valence-electron chi connectivity index (χ0n) is 58.0. The van der Waals surface area contributed by atoms with Crippen molar-refractivity contribution in [3.8, 4) is 0 Å². The van der Waals surface area contributed by atoms with Crippen molar-refractivity contribution in [2.45, 2.75) is 322 Å². The van der Waals surface area contributed by atoms with Crippen molar-refractivity contribution < 1.29 is 39.6 Å². The number of likely N-dealkylation sites (N-methyl/N-ethyl adjacent to an activating group) is 4. The Balaban J connectivity index is 5.74. The summed E-state index contributed by atoms with van der Waals surface area (Å²) in [5.74, 6) is -1.42. The standard InChI is InChI=1S/C71H143N7O8/c1-10-14-18-22-26-30-34-38-42-46-54-73(6)68(83)64(79)60-77(61-65(80)69(84)74(7)55-47-43-39-35-31-27-23-19-15-11-2)58-50-52-72(5)53-51-59-78(62-66(81)70(85)75(8)56-48-44-40-36-32-28-24-20-16-12-3)63-67(82)71(86)76(9)57-49-45-41-37-33-29-25-21-17-13-4/h64-67,79-82H,10-63H2,1-9H3. The van der Waals surface area contributed by atoms with E-state index < -0.39 is 24.4 Å². The fourth-order valence-electron chi connectivity index (χ4n) is 11.8. The van der Waals surface area contributed by atoms with E-state index in [2.05, 4.69) is 32.6 Å². The lowest BCUT2D eigenvalue weighted by Gasteiger charge is -2.31. The highest BCUT2D eigenvalue weighted by Gasteiger charge is 2.29. The molecule has 0 radical (unpaired) electrons. The fraction of sp³-hybridized carbons (Fsp3) is 0.944. The summed E-state index contributed by atoms with van der Waals surface area (Å²) in [6.07, 6.45) is 44.1. The summed E-state index contributed by atoms with van der Waals surface area (Å²) in [4.78, 5) is 66.5. The van der Waals surface area contributed by atoms with E-state index in [9.17, 15) is 39.6 Å². The van der Waals surface area contributed by atoms with Crippen LogP contribution in [0.25, 0.3) is 0 Å². The molecular weight excluding hydrogens is 1080 g/mol. The lowest BCUT2D eigenvalue weighted by atomic mass is 10.1. The third-order valence-corrected chi connectivity index (χ3v) is 17.8. The van der Waals surface area contributed by atoms with Gasteiger partial charge in [-0.3, -0.25) is 29.0 Å². The molecule has 0 bridgehead atoms. The molecule has 0 heterocycles. The predicted octanol–water partition coefficient (Wildman–Crippen LogP) is 13.3. The quantitative estimate of drug-likeness (QED) is 0.0427. The molecule has 15 heteroatoms. The first kappa shape index (κ1) is 83.6. The van der Waals surface area contributed by atoms with Gasteiger partial charge in [-0.2, -0.15) is 0 Å².